The Balaban J connectivity index is 2.35. The second kappa shape index (κ2) is 2.06. The summed E-state index contributed by atoms with van der Waals surface area (Å²) in [4.78, 5) is 9.41. The minimum Gasteiger partial charge on any atom is -0.261 e. The zero-order chi connectivity index (χ0) is 5.98. The highest BCUT2D eigenvalue weighted by Crippen LogP contribution is 1.86. The molecule has 1 heterocycles. The molecular formula is C3H6N3O2. The van der Waals surface area contributed by atoms with Gasteiger partial charge in [-0.15, -0.1) is 0 Å². The van der Waals surface area contributed by atoms with Crippen LogP contribution in [0.5, 0.6) is 0 Å². The molecule has 1 aliphatic heterocycles. The van der Waals surface area contributed by atoms with Crippen molar-refractivity contribution in [3.8, 4) is 0 Å². The van der Waals surface area contributed by atoms with Crippen LogP contribution in [0.3, 0.4) is 0 Å². The van der Waals surface area contributed by atoms with E-state index in [0.717, 1.165) is 0 Å². The number of nitrogens with one attached hydrogen (secondary N) is 1. The molecule has 1 fully saturated rings. The first-order valence-electron chi connectivity index (χ1n) is 2.34. The number of rotatable bonds is 1. The summed E-state index contributed by atoms with van der Waals surface area (Å²) in [5.41, 5.74) is 0. The van der Waals surface area contributed by atoms with Gasteiger partial charge in [0.2, 0.25) is 0 Å². The minimum atomic E-state index is -0.838. The smallest absolute Gasteiger partial charge is 0.261 e. The summed E-state index contributed by atoms with van der Waals surface area (Å²) >= 11 is 0. The molecule has 0 aromatic heterocycles. The van der Waals surface area contributed by atoms with Crippen molar-refractivity contribution >= 4 is 0 Å². The Bertz CT molecular complexity index is 98.7. The van der Waals surface area contributed by atoms with E-state index < -0.39 is 11.2 Å². The highest BCUT2D eigenvalue weighted by atomic mass is 16.6. The molecule has 0 aliphatic carbocycles. The standard InChI is InChI=1S/C3H6N3O2/c7-6(8)3-4-1-2-5-3/h3-4H,1-2H2. The van der Waals surface area contributed by atoms with Crippen LogP contribution in [0.1, 0.15) is 0 Å². The van der Waals surface area contributed by atoms with Gasteiger partial charge >= 0.3 is 6.29 Å². The molecule has 1 aliphatic rings. The maximum absolute atomic E-state index is 9.85. The van der Waals surface area contributed by atoms with Crippen LogP contribution in [-0.2, 0) is 0 Å². The molecule has 1 atom stereocenters. The van der Waals surface area contributed by atoms with Crippen molar-refractivity contribution in [2.75, 3.05) is 13.1 Å². The molecule has 5 nitrogen and oxygen atoms in total. The summed E-state index contributed by atoms with van der Waals surface area (Å²) in [5, 5.41) is 16.1. The van der Waals surface area contributed by atoms with Gasteiger partial charge in [0.25, 0.3) is 0 Å². The van der Waals surface area contributed by atoms with Crippen molar-refractivity contribution in [2.24, 2.45) is 0 Å². The van der Waals surface area contributed by atoms with Crippen molar-refractivity contribution in [1.82, 2.24) is 10.6 Å². The summed E-state index contributed by atoms with van der Waals surface area (Å²) in [6.45, 7) is 1.19. The maximum atomic E-state index is 9.85. The highest BCUT2D eigenvalue weighted by Gasteiger charge is 2.23. The topological polar surface area (TPSA) is 69.3 Å². The van der Waals surface area contributed by atoms with E-state index >= 15 is 0 Å². The second-order valence-electron chi connectivity index (χ2n) is 1.52. The SMILES string of the molecule is O=[N+]([O-])C1[N]CCN1. The Morgan fingerprint density at radius 3 is 2.88 bits per heavy atom. The van der Waals surface area contributed by atoms with Crippen LogP contribution in [0.2, 0.25) is 0 Å². The van der Waals surface area contributed by atoms with Crippen LogP contribution >= 0.6 is 0 Å². The molecule has 5 heteroatoms. The van der Waals surface area contributed by atoms with E-state index in [0.29, 0.717) is 13.1 Å². The average Bonchev–Trinajstić information content (AvgIpc) is 2.12. The Kier molecular flexibility index (Phi) is 1.40. The molecule has 45 valence electrons. The summed E-state index contributed by atoms with van der Waals surface area (Å²) in [6, 6.07) is 0. The van der Waals surface area contributed by atoms with Crippen molar-refractivity contribution in [1.29, 1.82) is 0 Å². The quantitative estimate of drug-likeness (QED) is 0.344. The first-order chi connectivity index (χ1) is 3.80. The van der Waals surface area contributed by atoms with E-state index in [1.807, 2.05) is 0 Å². The molecule has 0 aromatic rings. The van der Waals surface area contributed by atoms with Crippen LogP contribution in [0.25, 0.3) is 0 Å². The van der Waals surface area contributed by atoms with Gasteiger partial charge in [0.15, 0.2) is 0 Å². The van der Waals surface area contributed by atoms with Crippen molar-refractivity contribution in [3.63, 3.8) is 0 Å². The zero-order valence-electron chi connectivity index (χ0n) is 4.20. The van der Waals surface area contributed by atoms with E-state index in [4.69, 9.17) is 0 Å². The molecule has 0 bridgehead atoms. The molecule has 1 N–H and O–H groups in total. The van der Waals surface area contributed by atoms with Crippen LogP contribution in [0.15, 0.2) is 0 Å². The molecule has 0 saturated carbocycles. The van der Waals surface area contributed by atoms with Crippen molar-refractivity contribution < 1.29 is 4.92 Å². The molecular weight excluding hydrogens is 110 g/mol. The number of nitrogens with zero attached hydrogens (tertiary/aromatic N) is 2. The molecule has 0 spiro atoms. The van der Waals surface area contributed by atoms with Crippen LogP contribution < -0.4 is 10.6 Å². The Morgan fingerprint density at radius 2 is 2.62 bits per heavy atom. The first kappa shape index (κ1) is 5.46. The predicted molar refractivity (Wildman–Crippen MR) is 25.8 cm³/mol. The predicted octanol–water partition coefficient (Wildman–Crippen LogP) is -1.25. The van der Waals surface area contributed by atoms with Gasteiger partial charge < -0.3 is 0 Å². The Morgan fingerprint density at radius 1 is 1.88 bits per heavy atom. The van der Waals surface area contributed by atoms with Gasteiger partial charge in [-0.2, -0.15) is 5.32 Å². The summed E-state index contributed by atoms with van der Waals surface area (Å²) in [5.74, 6) is 0. The third-order valence-electron chi connectivity index (χ3n) is 0.940. The lowest BCUT2D eigenvalue weighted by Crippen LogP contribution is -2.34. The third-order valence-corrected chi connectivity index (χ3v) is 0.940. The average molecular weight is 116 g/mol. The highest BCUT2D eigenvalue weighted by molar-refractivity contribution is 4.61. The number of nitro groups is 1. The summed E-state index contributed by atoms with van der Waals surface area (Å²) < 4.78 is 0. The van der Waals surface area contributed by atoms with Gasteiger partial charge in [0.1, 0.15) is 0 Å². The van der Waals surface area contributed by atoms with Crippen molar-refractivity contribution in [3.05, 3.63) is 10.1 Å². The normalized spacial score (nSPS) is 21.5. The number of hydrogen-bond donors (Lipinski definition) is 1. The monoisotopic (exact) mass is 116 g/mol. The fourth-order valence-electron chi connectivity index (χ4n) is 0.586. The Hall–Kier alpha value is -0.680. The lowest BCUT2D eigenvalue weighted by molar-refractivity contribution is -0.532. The second-order valence-corrected chi connectivity index (χ2v) is 1.52. The van der Waals surface area contributed by atoms with E-state index in [2.05, 4.69) is 10.6 Å². The molecule has 0 aromatic carbocycles. The molecule has 8 heavy (non-hydrogen) atoms. The van der Waals surface area contributed by atoms with E-state index in [-0.39, 0.29) is 0 Å². The summed E-state index contributed by atoms with van der Waals surface area (Å²) in [6.07, 6.45) is -0.838. The van der Waals surface area contributed by atoms with Gasteiger partial charge in [-0.05, 0) is 0 Å². The van der Waals surface area contributed by atoms with Gasteiger partial charge in [-0.3, -0.25) is 10.1 Å². The maximum Gasteiger partial charge on any atom is 0.338 e. The lowest BCUT2D eigenvalue weighted by Gasteiger charge is -1.95. The fraction of sp³-hybridized carbons (Fsp3) is 1.00. The van der Waals surface area contributed by atoms with Crippen molar-refractivity contribution in [2.45, 2.75) is 6.29 Å². The third kappa shape index (κ3) is 0.932. The van der Waals surface area contributed by atoms with Gasteiger partial charge in [0, 0.05) is 13.1 Å². The van der Waals surface area contributed by atoms with E-state index in [1.165, 1.54) is 0 Å². The van der Waals surface area contributed by atoms with Gasteiger partial charge in [-0.1, -0.05) is 0 Å². The minimum absolute atomic E-state index is 0.438. The van der Waals surface area contributed by atoms with Gasteiger partial charge in [0.05, 0.1) is 4.92 Å². The first-order valence-corrected chi connectivity index (χ1v) is 2.34. The van der Waals surface area contributed by atoms with E-state index in [9.17, 15) is 10.1 Å². The zero-order valence-corrected chi connectivity index (χ0v) is 4.20. The molecule has 1 radical (unpaired) electrons. The van der Waals surface area contributed by atoms with Crippen LogP contribution in [0.4, 0.5) is 0 Å². The molecule has 1 saturated heterocycles. The molecule has 1 rings (SSSR count). The fourth-order valence-corrected chi connectivity index (χ4v) is 0.586. The molecule has 1 unspecified atom stereocenters. The lowest BCUT2D eigenvalue weighted by atomic mass is 10.7. The van der Waals surface area contributed by atoms with Crippen LogP contribution in [0, 0.1) is 10.1 Å². The van der Waals surface area contributed by atoms with Crippen LogP contribution in [-0.4, -0.2) is 24.3 Å². The number of hydrogen-bond acceptors (Lipinski definition) is 3. The Labute approximate surface area is 46.2 Å². The summed E-state index contributed by atoms with van der Waals surface area (Å²) in [7, 11) is 0. The molecule has 0 amide bonds. The van der Waals surface area contributed by atoms with E-state index in [1.54, 1.807) is 0 Å². The van der Waals surface area contributed by atoms with Gasteiger partial charge in [-0.25, -0.2) is 5.32 Å². The largest absolute Gasteiger partial charge is 0.338 e.